The second-order valence-electron chi connectivity index (χ2n) is 4.83. The molecule has 20 heavy (non-hydrogen) atoms. The first-order valence-electron chi connectivity index (χ1n) is 6.79. The zero-order valence-corrected chi connectivity index (χ0v) is 11.5. The van der Waals surface area contributed by atoms with Crippen LogP contribution in [-0.4, -0.2) is 16.6 Å². The number of anilines is 2. The molecule has 0 saturated heterocycles. The number of rotatable bonds is 4. The van der Waals surface area contributed by atoms with Crippen LogP contribution in [0.5, 0.6) is 0 Å². The summed E-state index contributed by atoms with van der Waals surface area (Å²) in [6.07, 6.45) is 0. The van der Waals surface area contributed by atoms with Crippen LogP contribution in [0.2, 0.25) is 0 Å². The van der Waals surface area contributed by atoms with E-state index in [0.29, 0.717) is 24.9 Å². The van der Waals surface area contributed by atoms with E-state index in [2.05, 4.69) is 39.1 Å². The number of nitrogens with zero attached hydrogens (tertiary/aromatic N) is 3. The normalized spacial score (nSPS) is 13.6. The summed E-state index contributed by atoms with van der Waals surface area (Å²) in [6.45, 7) is 4.71. The van der Waals surface area contributed by atoms with Gasteiger partial charge in [-0.1, -0.05) is 24.3 Å². The first-order valence-corrected chi connectivity index (χ1v) is 6.79. The first-order chi connectivity index (χ1) is 9.76. The van der Waals surface area contributed by atoms with Gasteiger partial charge in [-0.3, -0.25) is 0 Å². The van der Waals surface area contributed by atoms with Crippen LogP contribution in [-0.2, 0) is 24.4 Å². The molecule has 2 heterocycles. The highest BCUT2D eigenvalue weighted by atomic mass is 16.5. The van der Waals surface area contributed by atoms with Crippen LogP contribution >= 0.6 is 0 Å². The maximum Gasteiger partial charge on any atom is 0.158 e. The van der Waals surface area contributed by atoms with Gasteiger partial charge in [-0.25, -0.2) is 9.97 Å². The Morgan fingerprint density at radius 3 is 2.55 bits per heavy atom. The molecule has 1 aliphatic rings. The monoisotopic (exact) mass is 270 g/mol. The molecular formula is C15H18N4O. The highest BCUT2D eigenvalue weighted by Gasteiger charge is 2.20. The van der Waals surface area contributed by atoms with E-state index in [1.165, 1.54) is 11.1 Å². The van der Waals surface area contributed by atoms with Gasteiger partial charge in [-0.05, 0) is 18.1 Å². The van der Waals surface area contributed by atoms with Crippen LogP contribution in [0.15, 0.2) is 30.3 Å². The van der Waals surface area contributed by atoms with Crippen LogP contribution in [0.25, 0.3) is 0 Å². The summed E-state index contributed by atoms with van der Waals surface area (Å²) in [4.78, 5) is 11.0. The fourth-order valence-electron chi connectivity index (χ4n) is 2.42. The molecule has 0 fully saturated rings. The van der Waals surface area contributed by atoms with Gasteiger partial charge in [0.15, 0.2) is 5.82 Å². The van der Waals surface area contributed by atoms with Crippen molar-refractivity contribution in [2.45, 2.75) is 26.6 Å². The highest BCUT2D eigenvalue weighted by molar-refractivity contribution is 5.51. The molecule has 1 aromatic carbocycles. The quantitative estimate of drug-likeness (QED) is 0.922. The molecule has 0 saturated carbocycles. The number of hydrogen-bond acceptors (Lipinski definition) is 5. The molecule has 0 atom stereocenters. The summed E-state index contributed by atoms with van der Waals surface area (Å²) in [6, 6.07) is 10.3. The smallest absolute Gasteiger partial charge is 0.158 e. The molecule has 0 unspecified atom stereocenters. The van der Waals surface area contributed by atoms with Crippen molar-refractivity contribution >= 4 is 11.6 Å². The number of nitrogens with two attached hydrogens (primary N) is 1. The topological polar surface area (TPSA) is 64.3 Å². The molecule has 1 aromatic heterocycles. The van der Waals surface area contributed by atoms with Gasteiger partial charge in [0.25, 0.3) is 0 Å². The Kier molecular flexibility index (Phi) is 3.52. The van der Waals surface area contributed by atoms with Crippen molar-refractivity contribution in [2.75, 3.05) is 17.2 Å². The van der Waals surface area contributed by atoms with E-state index in [4.69, 9.17) is 10.5 Å². The number of ether oxygens (including phenoxy) is 1. The number of benzene rings is 1. The molecule has 2 aromatic rings. The Balaban J connectivity index is 1.83. The minimum absolute atomic E-state index is 0.398. The summed E-state index contributed by atoms with van der Waals surface area (Å²) in [7, 11) is 0. The zero-order valence-electron chi connectivity index (χ0n) is 11.5. The van der Waals surface area contributed by atoms with Crippen molar-refractivity contribution in [1.82, 2.24) is 9.97 Å². The average molecular weight is 270 g/mol. The Bertz CT molecular complexity index is 590. The summed E-state index contributed by atoms with van der Waals surface area (Å²) in [5.41, 5.74) is 8.56. The van der Waals surface area contributed by atoms with Crippen LogP contribution < -0.4 is 10.6 Å². The predicted octanol–water partition coefficient (Wildman–Crippen LogP) is 2.12. The van der Waals surface area contributed by atoms with E-state index in [0.717, 1.165) is 18.9 Å². The lowest BCUT2D eigenvalue weighted by molar-refractivity contribution is 0.128. The van der Waals surface area contributed by atoms with Gasteiger partial charge in [0.05, 0.1) is 0 Å². The first kappa shape index (κ1) is 12.9. The molecule has 104 valence electrons. The van der Waals surface area contributed by atoms with Gasteiger partial charge < -0.3 is 15.4 Å². The maximum absolute atomic E-state index is 5.87. The van der Waals surface area contributed by atoms with Crippen molar-refractivity contribution in [3.63, 3.8) is 0 Å². The fraction of sp³-hybridized carbons (Fsp3) is 0.333. The number of hydrogen-bond donors (Lipinski definition) is 1. The van der Waals surface area contributed by atoms with E-state index in [1.807, 2.05) is 13.0 Å². The molecule has 5 nitrogen and oxygen atoms in total. The van der Waals surface area contributed by atoms with E-state index in [1.54, 1.807) is 0 Å². The van der Waals surface area contributed by atoms with Crippen molar-refractivity contribution in [2.24, 2.45) is 0 Å². The third-order valence-electron chi connectivity index (χ3n) is 3.38. The van der Waals surface area contributed by atoms with Crippen molar-refractivity contribution < 1.29 is 4.74 Å². The second kappa shape index (κ2) is 5.46. The molecule has 1 aliphatic heterocycles. The average Bonchev–Trinajstić information content (AvgIpc) is 2.88. The van der Waals surface area contributed by atoms with Crippen molar-refractivity contribution in [3.05, 3.63) is 47.3 Å². The van der Waals surface area contributed by atoms with E-state index < -0.39 is 0 Å². The summed E-state index contributed by atoms with van der Waals surface area (Å²) in [5.74, 6) is 1.99. The summed E-state index contributed by atoms with van der Waals surface area (Å²) >= 11 is 0. The molecule has 3 rings (SSSR count). The SMILES string of the molecule is CCOCc1nc(N)cc(N2Cc3ccccc3C2)n1. The summed E-state index contributed by atoms with van der Waals surface area (Å²) in [5, 5.41) is 0. The minimum Gasteiger partial charge on any atom is -0.384 e. The van der Waals surface area contributed by atoms with Gasteiger partial charge in [-0.15, -0.1) is 0 Å². The van der Waals surface area contributed by atoms with Gasteiger partial charge in [0.2, 0.25) is 0 Å². The molecule has 0 spiro atoms. The number of fused-ring (bicyclic) bond motifs is 1. The number of nitrogen functional groups attached to an aromatic ring is 1. The lowest BCUT2D eigenvalue weighted by Crippen LogP contribution is -2.18. The Morgan fingerprint density at radius 1 is 1.20 bits per heavy atom. The Morgan fingerprint density at radius 2 is 1.90 bits per heavy atom. The molecule has 0 aliphatic carbocycles. The molecule has 2 N–H and O–H groups in total. The van der Waals surface area contributed by atoms with Gasteiger partial charge >= 0.3 is 0 Å². The Labute approximate surface area is 118 Å². The van der Waals surface area contributed by atoms with Crippen LogP contribution in [0.3, 0.4) is 0 Å². The van der Waals surface area contributed by atoms with Crippen LogP contribution in [0.1, 0.15) is 23.9 Å². The minimum atomic E-state index is 0.398. The number of aromatic nitrogens is 2. The lowest BCUT2D eigenvalue weighted by atomic mass is 10.1. The van der Waals surface area contributed by atoms with Gasteiger partial charge in [-0.2, -0.15) is 0 Å². The van der Waals surface area contributed by atoms with Crippen molar-refractivity contribution in [1.29, 1.82) is 0 Å². The van der Waals surface area contributed by atoms with Gasteiger partial charge in [0.1, 0.15) is 18.2 Å². The maximum atomic E-state index is 5.87. The van der Waals surface area contributed by atoms with Crippen LogP contribution in [0, 0.1) is 0 Å². The highest BCUT2D eigenvalue weighted by Crippen LogP contribution is 2.27. The third-order valence-corrected chi connectivity index (χ3v) is 3.38. The van der Waals surface area contributed by atoms with E-state index in [9.17, 15) is 0 Å². The fourth-order valence-corrected chi connectivity index (χ4v) is 2.42. The lowest BCUT2D eigenvalue weighted by Gasteiger charge is -2.17. The molecular weight excluding hydrogens is 252 g/mol. The Hall–Kier alpha value is -2.14. The third kappa shape index (κ3) is 2.58. The largest absolute Gasteiger partial charge is 0.384 e. The van der Waals surface area contributed by atoms with Gasteiger partial charge in [0, 0.05) is 25.8 Å². The zero-order chi connectivity index (χ0) is 13.9. The molecule has 0 radical (unpaired) electrons. The van der Waals surface area contributed by atoms with Crippen LogP contribution in [0.4, 0.5) is 11.6 Å². The molecule has 5 heteroatoms. The standard InChI is InChI=1S/C15H18N4O/c1-2-20-10-14-17-13(16)7-15(18-14)19-8-11-5-3-4-6-12(11)9-19/h3-7H,2,8-10H2,1H3,(H2,16,17,18). The summed E-state index contributed by atoms with van der Waals surface area (Å²) < 4.78 is 5.35. The molecule has 0 bridgehead atoms. The predicted molar refractivity (Wildman–Crippen MR) is 78.1 cm³/mol. The van der Waals surface area contributed by atoms with E-state index in [-0.39, 0.29) is 0 Å². The molecule has 0 amide bonds. The van der Waals surface area contributed by atoms with E-state index >= 15 is 0 Å². The van der Waals surface area contributed by atoms with Crippen molar-refractivity contribution in [3.8, 4) is 0 Å². The second-order valence-corrected chi connectivity index (χ2v) is 4.83.